The highest BCUT2D eigenvalue weighted by atomic mass is 35.5. The number of nitrogens with one attached hydrogen (secondary N) is 1. The standard InChI is InChI=1S/C10H19NO.ClH/c1-11-10(12)6-2-3-9(7-10)8-4-5-8;/h8-9,11-12H,2-7H2,1H3;1H. The van der Waals surface area contributed by atoms with Gasteiger partial charge in [-0.25, -0.2) is 0 Å². The van der Waals surface area contributed by atoms with Gasteiger partial charge < -0.3 is 5.11 Å². The van der Waals surface area contributed by atoms with Crippen LogP contribution in [0.5, 0.6) is 0 Å². The molecule has 2 nitrogen and oxygen atoms in total. The van der Waals surface area contributed by atoms with Gasteiger partial charge in [-0.2, -0.15) is 0 Å². The van der Waals surface area contributed by atoms with Crippen molar-refractivity contribution in [2.75, 3.05) is 7.05 Å². The molecule has 2 N–H and O–H groups in total. The monoisotopic (exact) mass is 205 g/mol. The summed E-state index contributed by atoms with van der Waals surface area (Å²) in [7, 11) is 1.87. The molecule has 0 bridgehead atoms. The van der Waals surface area contributed by atoms with Crippen LogP contribution in [0.1, 0.15) is 38.5 Å². The summed E-state index contributed by atoms with van der Waals surface area (Å²) in [5.41, 5.74) is -0.536. The first-order valence-corrected chi connectivity index (χ1v) is 5.15. The smallest absolute Gasteiger partial charge is 0.116 e. The third-order valence-electron chi connectivity index (χ3n) is 3.52. The molecule has 0 aromatic carbocycles. The van der Waals surface area contributed by atoms with Gasteiger partial charge in [0.15, 0.2) is 0 Å². The Bertz CT molecular complexity index is 172. The Morgan fingerprint density at radius 1 is 1.23 bits per heavy atom. The Labute approximate surface area is 86.5 Å². The van der Waals surface area contributed by atoms with Crippen molar-refractivity contribution in [3.63, 3.8) is 0 Å². The fourth-order valence-electron chi connectivity index (χ4n) is 2.49. The minimum Gasteiger partial charge on any atom is -0.376 e. The SMILES string of the molecule is CNC1(O)CCCC(C2CC2)C1.Cl. The average molecular weight is 206 g/mol. The summed E-state index contributed by atoms with van der Waals surface area (Å²) in [5, 5.41) is 13.1. The van der Waals surface area contributed by atoms with E-state index in [9.17, 15) is 5.11 Å². The van der Waals surface area contributed by atoms with Crippen LogP contribution in [-0.4, -0.2) is 17.9 Å². The molecule has 13 heavy (non-hydrogen) atoms. The molecule has 2 aliphatic carbocycles. The molecular weight excluding hydrogens is 186 g/mol. The Kier molecular flexibility index (Phi) is 3.61. The Balaban J connectivity index is 0.000000845. The lowest BCUT2D eigenvalue weighted by atomic mass is 9.80. The van der Waals surface area contributed by atoms with Crippen molar-refractivity contribution in [1.82, 2.24) is 5.32 Å². The summed E-state index contributed by atoms with van der Waals surface area (Å²) < 4.78 is 0. The van der Waals surface area contributed by atoms with Crippen LogP contribution in [0.3, 0.4) is 0 Å². The molecule has 0 spiro atoms. The Morgan fingerprint density at radius 3 is 2.46 bits per heavy atom. The van der Waals surface area contributed by atoms with Crippen molar-refractivity contribution in [2.24, 2.45) is 11.8 Å². The summed E-state index contributed by atoms with van der Waals surface area (Å²) in [5.74, 6) is 1.75. The zero-order valence-electron chi connectivity index (χ0n) is 8.25. The summed E-state index contributed by atoms with van der Waals surface area (Å²) in [4.78, 5) is 0. The van der Waals surface area contributed by atoms with Gasteiger partial charge in [0, 0.05) is 0 Å². The molecule has 2 saturated carbocycles. The second kappa shape index (κ2) is 4.16. The predicted octanol–water partition coefficient (Wildman–Crippen LogP) is 1.92. The molecule has 0 amide bonds. The number of hydrogen-bond acceptors (Lipinski definition) is 2. The molecule has 2 aliphatic rings. The molecule has 78 valence electrons. The molecule has 0 heterocycles. The highest BCUT2D eigenvalue weighted by Gasteiger charge is 2.39. The van der Waals surface area contributed by atoms with Crippen LogP contribution in [0, 0.1) is 11.8 Å². The van der Waals surface area contributed by atoms with Crippen molar-refractivity contribution >= 4 is 12.4 Å². The summed E-state index contributed by atoms with van der Waals surface area (Å²) in [6.07, 6.45) is 7.27. The van der Waals surface area contributed by atoms with Gasteiger partial charge in [-0.3, -0.25) is 5.32 Å². The molecule has 0 aliphatic heterocycles. The average Bonchev–Trinajstić information content (AvgIpc) is 2.87. The minimum atomic E-state index is -0.536. The van der Waals surface area contributed by atoms with Crippen LogP contribution in [-0.2, 0) is 0 Å². The lowest BCUT2D eigenvalue weighted by Crippen LogP contribution is -2.46. The van der Waals surface area contributed by atoms with Crippen LogP contribution in [0.2, 0.25) is 0 Å². The van der Waals surface area contributed by atoms with E-state index in [0.29, 0.717) is 0 Å². The fourth-order valence-corrected chi connectivity index (χ4v) is 2.49. The van der Waals surface area contributed by atoms with Gasteiger partial charge in [-0.15, -0.1) is 12.4 Å². The minimum absolute atomic E-state index is 0. The quantitative estimate of drug-likeness (QED) is 0.676. The molecule has 3 heteroatoms. The maximum atomic E-state index is 10.0. The van der Waals surface area contributed by atoms with E-state index in [-0.39, 0.29) is 12.4 Å². The molecule has 0 radical (unpaired) electrons. The van der Waals surface area contributed by atoms with E-state index in [1.807, 2.05) is 7.05 Å². The number of rotatable bonds is 2. The summed E-state index contributed by atoms with van der Waals surface area (Å²) in [6.45, 7) is 0. The van der Waals surface area contributed by atoms with Crippen LogP contribution in [0.4, 0.5) is 0 Å². The van der Waals surface area contributed by atoms with Gasteiger partial charge in [0.25, 0.3) is 0 Å². The summed E-state index contributed by atoms with van der Waals surface area (Å²) in [6, 6.07) is 0. The molecule has 0 saturated heterocycles. The Morgan fingerprint density at radius 2 is 1.92 bits per heavy atom. The summed E-state index contributed by atoms with van der Waals surface area (Å²) >= 11 is 0. The maximum Gasteiger partial charge on any atom is 0.116 e. The molecule has 2 atom stereocenters. The van der Waals surface area contributed by atoms with Crippen LogP contribution >= 0.6 is 12.4 Å². The molecule has 0 aromatic heterocycles. The van der Waals surface area contributed by atoms with E-state index in [2.05, 4.69) is 5.32 Å². The molecule has 0 aromatic rings. The van der Waals surface area contributed by atoms with E-state index in [4.69, 9.17) is 0 Å². The van der Waals surface area contributed by atoms with Gasteiger partial charge in [-0.1, -0.05) is 0 Å². The lowest BCUT2D eigenvalue weighted by Gasteiger charge is -2.36. The first-order valence-electron chi connectivity index (χ1n) is 5.15. The largest absolute Gasteiger partial charge is 0.376 e. The zero-order chi connectivity index (χ0) is 8.60. The molecule has 2 rings (SSSR count). The van der Waals surface area contributed by atoms with Crippen LogP contribution in [0.25, 0.3) is 0 Å². The van der Waals surface area contributed by atoms with Gasteiger partial charge in [0.2, 0.25) is 0 Å². The molecular formula is C10H20ClNO. The first-order chi connectivity index (χ1) is 5.73. The van der Waals surface area contributed by atoms with Gasteiger partial charge in [0.1, 0.15) is 5.72 Å². The topological polar surface area (TPSA) is 32.3 Å². The van der Waals surface area contributed by atoms with Gasteiger partial charge in [0.05, 0.1) is 0 Å². The second-order valence-corrected chi connectivity index (χ2v) is 4.48. The first kappa shape index (κ1) is 11.3. The second-order valence-electron chi connectivity index (χ2n) is 4.48. The van der Waals surface area contributed by atoms with Crippen molar-refractivity contribution < 1.29 is 5.11 Å². The maximum absolute atomic E-state index is 10.0. The van der Waals surface area contributed by atoms with Crippen LogP contribution < -0.4 is 5.32 Å². The van der Waals surface area contributed by atoms with Crippen molar-refractivity contribution in [3.8, 4) is 0 Å². The number of hydrogen-bond donors (Lipinski definition) is 2. The van der Waals surface area contributed by atoms with E-state index < -0.39 is 5.72 Å². The highest BCUT2D eigenvalue weighted by Crippen LogP contribution is 2.45. The van der Waals surface area contributed by atoms with E-state index in [0.717, 1.165) is 24.7 Å². The Hall–Kier alpha value is 0.210. The van der Waals surface area contributed by atoms with Crippen molar-refractivity contribution in [2.45, 2.75) is 44.2 Å². The van der Waals surface area contributed by atoms with Crippen molar-refractivity contribution in [3.05, 3.63) is 0 Å². The third kappa shape index (κ3) is 2.58. The molecule has 2 unspecified atom stereocenters. The van der Waals surface area contributed by atoms with Crippen molar-refractivity contribution in [1.29, 1.82) is 0 Å². The third-order valence-corrected chi connectivity index (χ3v) is 3.52. The fraction of sp³-hybridized carbons (Fsp3) is 1.00. The molecule has 2 fully saturated rings. The van der Waals surface area contributed by atoms with E-state index in [1.54, 1.807) is 0 Å². The lowest BCUT2D eigenvalue weighted by molar-refractivity contribution is -0.0429. The predicted molar refractivity (Wildman–Crippen MR) is 55.9 cm³/mol. The number of halogens is 1. The van der Waals surface area contributed by atoms with E-state index in [1.165, 1.54) is 25.7 Å². The highest BCUT2D eigenvalue weighted by molar-refractivity contribution is 5.85. The zero-order valence-corrected chi connectivity index (χ0v) is 9.07. The van der Waals surface area contributed by atoms with Crippen LogP contribution in [0.15, 0.2) is 0 Å². The normalized spacial score (nSPS) is 39.7. The van der Waals surface area contributed by atoms with Gasteiger partial charge in [-0.05, 0) is 57.4 Å². The number of aliphatic hydroxyl groups is 1. The van der Waals surface area contributed by atoms with E-state index >= 15 is 0 Å². The van der Waals surface area contributed by atoms with Gasteiger partial charge >= 0.3 is 0 Å².